The molecule has 5 heteroatoms. The molecule has 1 saturated heterocycles. The molecule has 1 amide bonds. The van der Waals surface area contributed by atoms with Crippen LogP contribution in [0.2, 0.25) is 0 Å². The van der Waals surface area contributed by atoms with Gasteiger partial charge in [0.1, 0.15) is 0 Å². The van der Waals surface area contributed by atoms with Gasteiger partial charge in [-0.15, -0.1) is 0 Å². The zero-order valence-corrected chi connectivity index (χ0v) is 15.9. The van der Waals surface area contributed by atoms with E-state index in [1.807, 2.05) is 12.1 Å². The molecule has 2 saturated carbocycles. The maximum Gasteiger partial charge on any atom is 0.251 e. The van der Waals surface area contributed by atoms with Crippen LogP contribution in [0.3, 0.4) is 0 Å². The number of carbonyl (C=O) groups excluding carboxylic acids is 1. The number of hydrogen-bond donors (Lipinski definition) is 1. The van der Waals surface area contributed by atoms with E-state index < -0.39 is 0 Å². The first-order valence-corrected chi connectivity index (χ1v) is 10.1. The van der Waals surface area contributed by atoms with Crippen LogP contribution >= 0.6 is 0 Å². The van der Waals surface area contributed by atoms with Gasteiger partial charge in [-0.05, 0) is 70.1 Å². The minimum absolute atomic E-state index is 0.0226. The lowest BCUT2D eigenvalue weighted by atomic mass is 10.1. The number of amides is 1. The second kappa shape index (κ2) is 7.47. The Bertz CT molecular complexity index is 653. The fraction of sp³-hybridized carbons (Fsp3) is 0.667. The molecule has 2 unspecified atom stereocenters. The van der Waals surface area contributed by atoms with Crippen molar-refractivity contribution in [1.29, 1.82) is 0 Å². The normalized spacial score (nSPS) is 26.8. The van der Waals surface area contributed by atoms with E-state index in [2.05, 4.69) is 17.1 Å². The lowest BCUT2D eigenvalue weighted by Crippen LogP contribution is -2.37. The van der Waals surface area contributed by atoms with Crippen molar-refractivity contribution in [2.24, 2.45) is 0 Å². The molecule has 0 aromatic heterocycles. The average molecular weight is 358 g/mol. The van der Waals surface area contributed by atoms with E-state index in [1.54, 1.807) is 13.2 Å². The van der Waals surface area contributed by atoms with Crippen LogP contribution < -0.4 is 14.8 Å². The maximum atomic E-state index is 12.7. The lowest BCUT2D eigenvalue weighted by Gasteiger charge is -2.20. The summed E-state index contributed by atoms with van der Waals surface area (Å²) in [5, 5.41) is 3.21. The topological polar surface area (TPSA) is 50.8 Å². The van der Waals surface area contributed by atoms with E-state index in [0.717, 1.165) is 37.6 Å². The Morgan fingerprint density at radius 1 is 1.15 bits per heavy atom. The van der Waals surface area contributed by atoms with E-state index in [4.69, 9.17) is 9.47 Å². The van der Waals surface area contributed by atoms with Crippen molar-refractivity contribution in [2.75, 3.05) is 13.7 Å². The largest absolute Gasteiger partial charge is 0.493 e. The molecule has 0 spiro atoms. The second-order valence-corrected chi connectivity index (χ2v) is 8.07. The Morgan fingerprint density at radius 2 is 1.92 bits per heavy atom. The quantitative estimate of drug-likeness (QED) is 0.847. The number of rotatable bonds is 6. The van der Waals surface area contributed by atoms with Gasteiger partial charge in [-0.25, -0.2) is 0 Å². The fourth-order valence-electron chi connectivity index (χ4n) is 4.44. The first-order chi connectivity index (χ1) is 12.6. The highest BCUT2D eigenvalue weighted by atomic mass is 16.5. The Kier molecular flexibility index (Phi) is 5.07. The van der Waals surface area contributed by atoms with Gasteiger partial charge in [0, 0.05) is 30.2 Å². The molecule has 26 heavy (non-hydrogen) atoms. The highest BCUT2D eigenvalue weighted by Gasteiger charge is 2.39. The van der Waals surface area contributed by atoms with Crippen LogP contribution in [0.1, 0.15) is 62.2 Å². The van der Waals surface area contributed by atoms with E-state index in [-0.39, 0.29) is 18.1 Å². The van der Waals surface area contributed by atoms with Crippen molar-refractivity contribution < 1.29 is 14.3 Å². The number of nitrogens with zero attached hydrogens (tertiary/aromatic N) is 1. The molecule has 0 radical (unpaired) electrons. The highest BCUT2D eigenvalue weighted by Crippen LogP contribution is 2.34. The molecule has 1 aromatic rings. The Balaban J connectivity index is 1.39. The Labute approximate surface area is 156 Å². The van der Waals surface area contributed by atoms with Crippen molar-refractivity contribution in [1.82, 2.24) is 10.2 Å². The van der Waals surface area contributed by atoms with Gasteiger partial charge in [0.2, 0.25) is 0 Å². The van der Waals surface area contributed by atoms with Crippen molar-refractivity contribution in [3.63, 3.8) is 0 Å². The van der Waals surface area contributed by atoms with Gasteiger partial charge in [-0.2, -0.15) is 0 Å². The van der Waals surface area contributed by atoms with Crippen LogP contribution in [0, 0.1) is 0 Å². The monoisotopic (exact) mass is 358 g/mol. The summed E-state index contributed by atoms with van der Waals surface area (Å²) in [6.45, 7) is 3.24. The SMILES string of the molecule is COc1cc(C(=O)NC2CC(C)N(C3CC3)C2)ccc1OC1CCCC1. The van der Waals surface area contributed by atoms with Crippen LogP contribution in [0.4, 0.5) is 0 Å². The molecule has 4 rings (SSSR count). The molecule has 1 heterocycles. The van der Waals surface area contributed by atoms with Crippen LogP contribution in [0.15, 0.2) is 18.2 Å². The standard InChI is InChI=1S/C21H30N2O3/c1-14-11-16(13-23(14)17-8-9-17)22-21(24)15-7-10-19(20(12-15)25-2)26-18-5-3-4-6-18/h7,10,12,14,16-18H,3-6,8-9,11,13H2,1-2H3,(H,22,24). The van der Waals surface area contributed by atoms with Gasteiger partial charge in [-0.3, -0.25) is 9.69 Å². The van der Waals surface area contributed by atoms with Crippen LogP contribution in [-0.2, 0) is 0 Å². The maximum absolute atomic E-state index is 12.7. The molecular weight excluding hydrogens is 328 g/mol. The molecule has 1 aromatic carbocycles. The third-order valence-corrected chi connectivity index (χ3v) is 6.00. The summed E-state index contributed by atoms with van der Waals surface area (Å²) in [4.78, 5) is 15.2. The minimum atomic E-state index is -0.0226. The number of ether oxygens (including phenoxy) is 2. The van der Waals surface area contributed by atoms with Crippen LogP contribution in [-0.4, -0.2) is 48.7 Å². The van der Waals surface area contributed by atoms with Crippen LogP contribution in [0.5, 0.6) is 11.5 Å². The molecule has 2 atom stereocenters. The zero-order valence-electron chi connectivity index (χ0n) is 15.9. The average Bonchev–Trinajstić information content (AvgIpc) is 3.23. The minimum Gasteiger partial charge on any atom is -0.493 e. The molecular formula is C21H30N2O3. The third-order valence-electron chi connectivity index (χ3n) is 6.00. The van der Waals surface area contributed by atoms with Gasteiger partial charge in [0.05, 0.1) is 13.2 Å². The third kappa shape index (κ3) is 3.83. The smallest absolute Gasteiger partial charge is 0.251 e. The molecule has 2 aliphatic carbocycles. The summed E-state index contributed by atoms with van der Waals surface area (Å²) in [7, 11) is 1.63. The lowest BCUT2D eigenvalue weighted by molar-refractivity contribution is 0.0937. The van der Waals surface area contributed by atoms with Gasteiger partial charge in [-0.1, -0.05) is 0 Å². The fourth-order valence-corrected chi connectivity index (χ4v) is 4.44. The summed E-state index contributed by atoms with van der Waals surface area (Å²) in [6.07, 6.45) is 8.58. The molecule has 5 nitrogen and oxygen atoms in total. The summed E-state index contributed by atoms with van der Waals surface area (Å²) < 4.78 is 11.5. The van der Waals surface area contributed by atoms with Crippen molar-refractivity contribution in [3.05, 3.63) is 23.8 Å². The van der Waals surface area contributed by atoms with Crippen molar-refractivity contribution >= 4 is 5.91 Å². The number of likely N-dealkylation sites (tertiary alicyclic amines) is 1. The summed E-state index contributed by atoms with van der Waals surface area (Å²) >= 11 is 0. The van der Waals surface area contributed by atoms with Gasteiger partial charge in [0.25, 0.3) is 5.91 Å². The molecule has 3 fully saturated rings. The second-order valence-electron chi connectivity index (χ2n) is 8.07. The molecule has 1 N–H and O–H groups in total. The number of carbonyl (C=O) groups is 1. The highest BCUT2D eigenvalue weighted by molar-refractivity contribution is 5.95. The van der Waals surface area contributed by atoms with Gasteiger partial charge < -0.3 is 14.8 Å². The summed E-state index contributed by atoms with van der Waals surface area (Å²) in [5.74, 6) is 1.36. The van der Waals surface area contributed by atoms with Crippen molar-refractivity contribution in [3.8, 4) is 11.5 Å². The predicted octanol–water partition coefficient (Wildman–Crippen LogP) is 3.37. The zero-order chi connectivity index (χ0) is 18.1. The Hall–Kier alpha value is -1.75. The number of methoxy groups -OCH3 is 1. The Morgan fingerprint density at radius 3 is 2.62 bits per heavy atom. The summed E-state index contributed by atoms with van der Waals surface area (Å²) in [5.41, 5.74) is 0.637. The molecule has 3 aliphatic rings. The number of hydrogen-bond acceptors (Lipinski definition) is 4. The van der Waals surface area contributed by atoms with E-state index in [1.165, 1.54) is 25.7 Å². The number of benzene rings is 1. The molecule has 0 bridgehead atoms. The van der Waals surface area contributed by atoms with Gasteiger partial charge >= 0.3 is 0 Å². The number of nitrogens with one attached hydrogen (secondary N) is 1. The van der Waals surface area contributed by atoms with E-state index in [0.29, 0.717) is 17.4 Å². The van der Waals surface area contributed by atoms with E-state index >= 15 is 0 Å². The summed E-state index contributed by atoms with van der Waals surface area (Å²) in [6, 6.07) is 7.07. The van der Waals surface area contributed by atoms with Crippen LogP contribution in [0.25, 0.3) is 0 Å². The molecule has 1 aliphatic heterocycles. The first kappa shape index (κ1) is 17.7. The first-order valence-electron chi connectivity index (χ1n) is 10.1. The van der Waals surface area contributed by atoms with E-state index in [9.17, 15) is 4.79 Å². The van der Waals surface area contributed by atoms with Crippen molar-refractivity contribution in [2.45, 2.75) is 76.1 Å². The van der Waals surface area contributed by atoms with Gasteiger partial charge in [0.15, 0.2) is 11.5 Å². The predicted molar refractivity (Wildman–Crippen MR) is 101 cm³/mol. The molecule has 142 valence electrons.